The minimum absolute atomic E-state index is 0.167. The van der Waals surface area contributed by atoms with Gasteiger partial charge < -0.3 is 19.7 Å². The Morgan fingerprint density at radius 3 is 2.85 bits per heavy atom. The highest BCUT2D eigenvalue weighted by Gasteiger charge is 2.33. The molecule has 0 saturated carbocycles. The van der Waals surface area contributed by atoms with Gasteiger partial charge in [0.05, 0.1) is 25.9 Å². The number of amides is 2. The Balaban J connectivity index is 1.84. The van der Waals surface area contributed by atoms with Crippen LogP contribution >= 0.6 is 11.8 Å². The number of thioether (sulfide) groups is 1. The molecule has 1 aliphatic rings. The number of rotatable bonds is 4. The Kier molecular flexibility index (Phi) is 5.54. The topological polar surface area (TPSA) is 74.6 Å². The van der Waals surface area contributed by atoms with E-state index in [1.807, 2.05) is 18.2 Å². The molecule has 1 atom stereocenters. The Morgan fingerprint density at radius 1 is 1.27 bits per heavy atom. The van der Waals surface area contributed by atoms with Crippen LogP contribution in [0.15, 0.2) is 42.5 Å². The van der Waals surface area contributed by atoms with Gasteiger partial charge in [-0.25, -0.2) is 4.79 Å². The van der Waals surface area contributed by atoms with Crippen molar-refractivity contribution in [3.05, 3.63) is 53.6 Å². The molecule has 0 aromatic heterocycles. The lowest BCUT2D eigenvalue weighted by atomic mass is 10.1. The number of ether oxygens (including phenoxy) is 2. The lowest BCUT2D eigenvalue weighted by molar-refractivity contribution is 0.213. The molecule has 0 aliphatic carbocycles. The summed E-state index contributed by atoms with van der Waals surface area (Å²) in [5.41, 5.74) is 2.00. The fraction of sp³-hybridized carbons (Fsp3) is 0.263. The zero-order valence-corrected chi connectivity index (χ0v) is 15.4. The van der Waals surface area contributed by atoms with Crippen molar-refractivity contribution >= 4 is 23.5 Å². The first kappa shape index (κ1) is 18.0. The molecule has 1 heterocycles. The molecule has 1 N–H and O–H groups in total. The van der Waals surface area contributed by atoms with Gasteiger partial charge in [-0.2, -0.15) is 5.26 Å². The largest absolute Gasteiger partial charge is 0.497 e. The Labute approximate surface area is 156 Å². The van der Waals surface area contributed by atoms with Gasteiger partial charge in [-0.05, 0) is 36.4 Å². The average molecular weight is 369 g/mol. The van der Waals surface area contributed by atoms with E-state index in [4.69, 9.17) is 14.7 Å². The summed E-state index contributed by atoms with van der Waals surface area (Å²) < 4.78 is 10.8. The minimum Gasteiger partial charge on any atom is -0.497 e. The molecule has 0 radical (unpaired) electrons. The molecule has 1 fully saturated rings. The molecular weight excluding hydrogens is 350 g/mol. The summed E-state index contributed by atoms with van der Waals surface area (Å²) in [6.07, 6.45) is 0. The molecule has 6 nitrogen and oxygen atoms in total. The SMILES string of the molecule is COc1ccc(OC)c([C@H]2SCCN2C(=O)Nc2cccc(C#N)c2)c1. The monoisotopic (exact) mass is 369 g/mol. The van der Waals surface area contributed by atoms with Crippen molar-refractivity contribution in [3.63, 3.8) is 0 Å². The molecule has 26 heavy (non-hydrogen) atoms. The maximum Gasteiger partial charge on any atom is 0.323 e. The van der Waals surface area contributed by atoms with Crippen LogP contribution < -0.4 is 14.8 Å². The Morgan fingerprint density at radius 2 is 2.12 bits per heavy atom. The first-order chi connectivity index (χ1) is 12.7. The lowest BCUT2D eigenvalue weighted by Crippen LogP contribution is -2.34. The predicted molar refractivity (Wildman–Crippen MR) is 102 cm³/mol. The van der Waals surface area contributed by atoms with Crippen molar-refractivity contribution in [2.45, 2.75) is 5.37 Å². The zero-order chi connectivity index (χ0) is 18.5. The minimum atomic E-state index is -0.208. The third-order valence-electron chi connectivity index (χ3n) is 4.10. The van der Waals surface area contributed by atoms with E-state index in [2.05, 4.69) is 11.4 Å². The summed E-state index contributed by atoms with van der Waals surface area (Å²) in [6, 6.07) is 14.3. The van der Waals surface area contributed by atoms with Gasteiger partial charge in [-0.3, -0.25) is 0 Å². The molecular formula is C19H19N3O3S. The summed E-state index contributed by atoms with van der Waals surface area (Å²) >= 11 is 1.68. The van der Waals surface area contributed by atoms with E-state index in [0.717, 1.165) is 22.8 Å². The number of nitrogens with one attached hydrogen (secondary N) is 1. The number of nitrogens with zero attached hydrogens (tertiary/aromatic N) is 2. The van der Waals surface area contributed by atoms with Crippen molar-refractivity contribution in [1.29, 1.82) is 5.26 Å². The molecule has 2 amide bonds. The number of carbonyl (C=O) groups is 1. The van der Waals surface area contributed by atoms with E-state index in [0.29, 0.717) is 17.8 Å². The van der Waals surface area contributed by atoms with Gasteiger partial charge in [0, 0.05) is 23.5 Å². The smallest absolute Gasteiger partial charge is 0.323 e. The molecule has 134 valence electrons. The summed E-state index contributed by atoms with van der Waals surface area (Å²) in [5.74, 6) is 2.27. The highest BCUT2D eigenvalue weighted by atomic mass is 32.2. The number of methoxy groups -OCH3 is 2. The van der Waals surface area contributed by atoms with Gasteiger partial charge in [0.1, 0.15) is 16.9 Å². The van der Waals surface area contributed by atoms with Crippen molar-refractivity contribution in [1.82, 2.24) is 4.90 Å². The van der Waals surface area contributed by atoms with Crippen LogP contribution in [0.4, 0.5) is 10.5 Å². The summed E-state index contributed by atoms with van der Waals surface area (Å²) in [7, 11) is 3.22. The molecule has 2 aromatic carbocycles. The summed E-state index contributed by atoms with van der Waals surface area (Å²) in [5, 5.41) is 11.7. The average Bonchev–Trinajstić information content (AvgIpc) is 3.17. The number of nitriles is 1. The van der Waals surface area contributed by atoms with Crippen LogP contribution in [0.25, 0.3) is 0 Å². The predicted octanol–water partition coefficient (Wildman–Crippen LogP) is 3.85. The first-order valence-corrected chi connectivity index (χ1v) is 9.12. The quantitative estimate of drug-likeness (QED) is 0.886. The molecule has 7 heteroatoms. The van der Waals surface area contributed by atoms with Gasteiger partial charge in [-0.1, -0.05) is 6.07 Å². The van der Waals surface area contributed by atoms with E-state index in [9.17, 15) is 4.79 Å². The van der Waals surface area contributed by atoms with Crippen LogP contribution in [0.5, 0.6) is 11.5 Å². The standard InChI is InChI=1S/C19H19N3O3S/c1-24-15-6-7-17(25-2)16(11-15)18-22(8-9-26-18)19(23)21-14-5-3-4-13(10-14)12-20/h3-7,10-11,18H,8-9H2,1-2H3,(H,21,23)/t18-/m1/s1. The van der Waals surface area contributed by atoms with Crippen molar-refractivity contribution in [3.8, 4) is 17.6 Å². The Hall–Kier alpha value is -2.85. The van der Waals surface area contributed by atoms with Crippen molar-refractivity contribution in [2.75, 3.05) is 31.8 Å². The molecule has 3 rings (SSSR count). The number of anilines is 1. The van der Waals surface area contributed by atoms with Crippen LogP contribution in [0, 0.1) is 11.3 Å². The maximum absolute atomic E-state index is 12.8. The summed E-state index contributed by atoms with van der Waals surface area (Å²) in [6.45, 7) is 0.624. The van der Waals surface area contributed by atoms with Gasteiger partial charge in [0.2, 0.25) is 0 Å². The third kappa shape index (κ3) is 3.70. The van der Waals surface area contributed by atoms with Crippen LogP contribution in [0.1, 0.15) is 16.5 Å². The highest BCUT2D eigenvalue weighted by Crippen LogP contribution is 2.43. The second-order valence-electron chi connectivity index (χ2n) is 5.65. The van der Waals surface area contributed by atoms with Gasteiger partial charge >= 0.3 is 6.03 Å². The van der Waals surface area contributed by atoms with E-state index in [1.54, 1.807) is 55.1 Å². The molecule has 1 aliphatic heterocycles. The van der Waals surface area contributed by atoms with Gasteiger partial charge in [0.15, 0.2) is 0 Å². The fourth-order valence-electron chi connectivity index (χ4n) is 2.83. The third-order valence-corrected chi connectivity index (χ3v) is 5.34. The van der Waals surface area contributed by atoms with Crippen LogP contribution in [-0.2, 0) is 0 Å². The maximum atomic E-state index is 12.8. The zero-order valence-electron chi connectivity index (χ0n) is 14.6. The summed E-state index contributed by atoms with van der Waals surface area (Å²) in [4.78, 5) is 14.6. The number of benzene rings is 2. The highest BCUT2D eigenvalue weighted by molar-refractivity contribution is 7.99. The first-order valence-electron chi connectivity index (χ1n) is 8.07. The van der Waals surface area contributed by atoms with Crippen LogP contribution in [-0.4, -0.2) is 37.4 Å². The molecule has 2 aromatic rings. The van der Waals surface area contributed by atoms with E-state index in [1.165, 1.54) is 0 Å². The molecule has 0 bridgehead atoms. The normalized spacial score (nSPS) is 16.0. The van der Waals surface area contributed by atoms with Crippen LogP contribution in [0.2, 0.25) is 0 Å². The molecule has 1 saturated heterocycles. The van der Waals surface area contributed by atoms with E-state index < -0.39 is 0 Å². The number of carbonyl (C=O) groups excluding carboxylic acids is 1. The van der Waals surface area contributed by atoms with Crippen molar-refractivity contribution < 1.29 is 14.3 Å². The lowest BCUT2D eigenvalue weighted by Gasteiger charge is -2.26. The fourth-order valence-corrected chi connectivity index (χ4v) is 4.10. The molecule has 0 spiro atoms. The van der Waals surface area contributed by atoms with Crippen molar-refractivity contribution in [2.24, 2.45) is 0 Å². The van der Waals surface area contributed by atoms with E-state index in [-0.39, 0.29) is 11.4 Å². The second-order valence-corrected chi connectivity index (χ2v) is 6.84. The number of urea groups is 1. The second kappa shape index (κ2) is 8.02. The van der Waals surface area contributed by atoms with Gasteiger partial charge in [0.25, 0.3) is 0 Å². The van der Waals surface area contributed by atoms with Crippen LogP contribution in [0.3, 0.4) is 0 Å². The van der Waals surface area contributed by atoms with E-state index >= 15 is 0 Å². The molecule has 0 unspecified atom stereocenters. The van der Waals surface area contributed by atoms with Gasteiger partial charge in [-0.15, -0.1) is 11.8 Å². The number of hydrogen-bond acceptors (Lipinski definition) is 5. The Bertz CT molecular complexity index is 850. The number of hydrogen-bond donors (Lipinski definition) is 1.